The minimum absolute atomic E-state index is 0.120. The molecule has 0 bridgehead atoms. The molecule has 1 aliphatic heterocycles. The third-order valence-electron chi connectivity index (χ3n) is 3.92. The van der Waals surface area contributed by atoms with Gasteiger partial charge in [0.15, 0.2) is 0 Å². The molecule has 1 aromatic heterocycles. The van der Waals surface area contributed by atoms with Gasteiger partial charge in [-0.05, 0) is 44.2 Å². The van der Waals surface area contributed by atoms with Gasteiger partial charge in [0.05, 0.1) is 12.1 Å². The highest BCUT2D eigenvalue weighted by Gasteiger charge is 2.29. The molecule has 2 unspecified atom stereocenters. The first-order valence-corrected chi connectivity index (χ1v) is 7.74. The van der Waals surface area contributed by atoms with Gasteiger partial charge < -0.3 is 16.0 Å². The number of anilines is 1. The Labute approximate surface area is 131 Å². The van der Waals surface area contributed by atoms with E-state index in [0.29, 0.717) is 19.5 Å². The monoisotopic (exact) mass is 301 g/mol. The number of nitrogens with zero attached hydrogens (tertiary/aromatic N) is 3. The number of aromatic nitrogens is 1. The van der Waals surface area contributed by atoms with Crippen molar-refractivity contribution in [3.8, 4) is 6.07 Å². The van der Waals surface area contributed by atoms with Gasteiger partial charge in [-0.1, -0.05) is 6.07 Å². The third-order valence-corrected chi connectivity index (χ3v) is 3.92. The number of piperidine rings is 1. The SMILES string of the molecule is Cc1ccc(NCCC(N)C(=O)N2CCCCC2C#N)nc1. The number of hydrogen-bond donors (Lipinski definition) is 2. The summed E-state index contributed by atoms with van der Waals surface area (Å²) in [5, 5.41) is 12.3. The van der Waals surface area contributed by atoms with Gasteiger partial charge in [0.1, 0.15) is 11.9 Å². The third kappa shape index (κ3) is 4.18. The van der Waals surface area contributed by atoms with Gasteiger partial charge in [-0.2, -0.15) is 5.26 Å². The van der Waals surface area contributed by atoms with Crippen molar-refractivity contribution < 1.29 is 4.79 Å². The number of rotatable bonds is 5. The second kappa shape index (κ2) is 7.76. The fourth-order valence-corrected chi connectivity index (χ4v) is 2.59. The van der Waals surface area contributed by atoms with Crippen LogP contribution in [0.25, 0.3) is 0 Å². The molecule has 0 saturated carbocycles. The Hall–Kier alpha value is -2.13. The largest absolute Gasteiger partial charge is 0.370 e. The summed E-state index contributed by atoms with van der Waals surface area (Å²) in [6.45, 7) is 3.20. The van der Waals surface area contributed by atoms with Crippen molar-refractivity contribution in [2.24, 2.45) is 5.73 Å². The van der Waals surface area contributed by atoms with Gasteiger partial charge in [-0.3, -0.25) is 4.79 Å². The quantitative estimate of drug-likeness (QED) is 0.857. The van der Waals surface area contributed by atoms with Crippen molar-refractivity contribution in [1.29, 1.82) is 5.26 Å². The number of carbonyl (C=O) groups excluding carboxylic acids is 1. The highest BCUT2D eigenvalue weighted by Crippen LogP contribution is 2.17. The highest BCUT2D eigenvalue weighted by molar-refractivity contribution is 5.82. The lowest BCUT2D eigenvalue weighted by atomic mass is 10.0. The normalized spacial score (nSPS) is 19.3. The second-order valence-corrected chi connectivity index (χ2v) is 5.72. The maximum Gasteiger partial charge on any atom is 0.240 e. The molecule has 1 saturated heterocycles. The average molecular weight is 301 g/mol. The van der Waals surface area contributed by atoms with Crippen molar-refractivity contribution in [3.05, 3.63) is 23.9 Å². The van der Waals surface area contributed by atoms with Crippen molar-refractivity contribution in [2.75, 3.05) is 18.4 Å². The fourth-order valence-electron chi connectivity index (χ4n) is 2.59. The lowest BCUT2D eigenvalue weighted by Gasteiger charge is -2.33. The topological polar surface area (TPSA) is 95.0 Å². The molecule has 3 N–H and O–H groups in total. The molecule has 0 aromatic carbocycles. The minimum atomic E-state index is -0.577. The Morgan fingerprint density at radius 2 is 2.41 bits per heavy atom. The van der Waals surface area contributed by atoms with E-state index in [1.54, 1.807) is 11.1 Å². The summed E-state index contributed by atoms with van der Waals surface area (Å²) in [7, 11) is 0. The average Bonchev–Trinajstić information content (AvgIpc) is 2.55. The predicted octanol–water partition coefficient (Wildman–Crippen LogP) is 1.42. The van der Waals surface area contributed by atoms with Crippen LogP contribution in [0.4, 0.5) is 5.82 Å². The smallest absolute Gasteiger partial charge is 0.240 e. The van der Waals surface area contributed by atoms with E-state index in [0.717, 1.165) is 30.6 Å². The summed E-state index contributed by atoms with van der Waals surface area (Å²) in [6.07, 6.45) is 5.00. The molecule has 2 heterocycles. The summed E-state index contributed by atoms with van der Waals surface area (Å²) in [5.74, 6) is 0.656. The second-order valence-electron chi connectivity index (χ2n) is 5.72. The van der Waals surface area contributed by atoms with Gasteiger partial charge in [-0.25, -0.2) is 4.98 Å². The zero-order chi connectivity index (χ0) is 15.9. The molecule has 2 atom stereocenters. The summed E-state index contributed by atoms with van der Waals surface area (Å²) in [4.78, 5) is 18.2. The predicted molar refractivity (Wildman–Crippen MR) is 85.0 cm³/mol. The van der Waals surface area contributed by atoms with Crippen LogP contribution in [0.1, 0.15) is 31.2 Å². The zero-order valence-corrected chi connectivity index (χ0v) is 13.0. The summed E-state index contributed by atoms with van der Waals surface area (Å²) in [5.41, 5.74) is 7.09. The Morgan fingerprint density at radius 1 is 1.59 bits per heavy atom. The lowest BCUT2D eigenvalue weighted by molar-refractivity contribution is -0.135. The van der Waals surface area contributed by atoms with Crippen LogP contribution >= 0.6 is 0 Å². The van der Waals surface area contributed by atoms with Crippen molar-refractivity contribution >= 4 is 11.7 Å². The van der Waals surface area contributed by atoms with Crippen molar-refractivity contribution in [2.45, 2.75) is 44.7 Å². The van der Waals surface area contributed by atoms with E-state index in [-0.39, 0.29) is 11.9 Å². The minimum Gasteiger partial charge on any atom is -0.370 e. The molecule has 0 radical (unpaired) electrons. The molecule has 0 aliphatic carbocycles. The number of hydrogen-bond acceptors (Lipinski definition) is 5. The van der Waals surface area contributed by atoms with Gasteiger partial charge >= 0.3 is 0 Å². The number of aryl methyl sites for hydroxylation is 1. The van der Waals surface area contributed by atoms with Crippen LogP contribution in [-0.2, 0) is 4.79 Å². The molecule has 1 amide bonds. The first-order chi connectivity index (χ1) is 10.6. The molecular formula is C16H23N5O. The first-order valence-electron chi connectivity index (χ1n) is 7.74. The number of nitrogens with two attached hydrogens (primary N) is 1. The molecule has 2 rings (SSSR count). The first kappa shape index (κ1) is 16.2. The van der Waals surface area contributed by atoms with E-state index in [9.17, 15) is 4.79 Å². The molecule has 118 valence electrons. The van der Waals surface area contributed by atoms with E-state index in [2.05, 4.69) is 16.4 Å². The Morgan fingerprint density at radius 3 is 3.09 bits per heavy atom. The molecule has 1 aromatic rings. The lowest BCUT2D eigenvalue weighted by Crippen LogP contribution is -2.50. The van der Waals surface area contributed by atoms with E-state index in [4.69, 9.17) is 11.0 Å². The van der Waals surface area contributed by atoms with Crippen LogP contribution in [0.5, 0.6) is 0 Å². The standard InChI is InChI=1S/C16H23N5O/c1-12-5-6-15(20-11-12)19-8-7-14(18)16(22)21-9-3-2-4-13(21)10-17/h5-6,11,13-14H,2-4,7-9,18H2,1H3,(H,19,20). The number of nitriles is 1. The van der Waals surface area contributed by atoms with Crippen LogP contribution in [0, 0.1) is 18.3 Å². The number of amides is 1. The maximum absolute atomic E-state index is 12.4. The van der Waals surface area contributed by atoms with E-state index in [1.165, 1.54) is 0 Å². The van der Waals surface area contributed by atoms with Gasteiger partial charge in [-0.15, -0.1) is 0 Å². The van der Waals surface area contributed by atoms with Gasteiger partial charge in [0, 0.05) is 19.3 Å². The Bertz CT molecular complexity index is 536. The molecule has 1 fully saturated rings. The number of carbonyl (C=O) groups is 1. The summed E-state index contributed by atoms with van der Waals surface area (Å²) < 4.78 is 0. The maximum atomic E-state index is 12.4. The van der Waals surface area contributed by atoms with E-state index < -0.39 is 6.04 Å². The number of nitrogens with one attached hydrogen (secondary N) is 1. The van der Waals surface area contributed by atoms with Crippen LogP contribution in [0.15, 0.2) is 18.3 Å². The Balaban J connectivity index is 1.81. The number of pyridine rings is 1. The highest BCUT2D eigenvalue weighted by atomic mass is 16.2. The molecule has 6 nitrogen and oxygen atoms in total. The molecular weight excluding hydrogens is 278 g/mol. The molecule has 1 aliphatic rings. The fraction of sp³-hybridized carbons (Fsp3) is 0.562. The van der Waals surface area contributed by atoms with Gasteiger partial charge in [0.2, 0.25) is 5.91 Å². The van der Waals surface area contributed by atoms with E-state index in [1.807, 2.05) is 19.1 Å². The molecule has 22 heavy (non-hydrogen) atoms. The van der Waals surface area contributed by atoms with Crippen LogP contribution in [0.3, 0.4) is 0 Å². The van der Waals surface area contributed by atoms with Crippen molar-refractivity contribution in [1.82, 2.24) is 9.88 Å². The summed E-state index contributed by atoms with van der Waals surface area (Å²) >= 11 is 0. The van der Waals surface area contributed by atoms with E-state index >= 15 is 0 Å². The van der Waals surface area contributed by atoms with Gasteiger partial charge in [0.25, 0.3) is 0 Å². The molecule has 6 heteroatoms. The Kier molecular flexibility index (Phi) is 5.73. The van der Waals surface area contributed by atoms with Crippen LogP contribution in [0.2, 0.25) is 0 Å². The van der Waals surface area contributed by atoms with Crippen molar-refractivity contribution in [3.63, 3.8) is 0 Å². The summed E-state index contributed by atoms with van der Waals surface area (Å²) in [6, 6.07) is 5.18. The van der Waals surface area contributed by atoms with Crippen LogP contribution in [-0.4, -0.2) is 41.0 Å². The number of likely N-dealkylation sites (tertiary alicyclic amines) is 1. The molecule has 0 spiro atoms. The zero-order valence-electron chi connectivity index (χ0n) is 13.0. The van der Waals surface area contributed by atoms with Crippen LogP contribution < -0.4 is 11.1 Å².